The third-order valence-electron chi connectivity index (χ3n) is 0.934. The van der Waals surface area contributed by atoms with Gasteiger partial charge in [-0.2, -0.15) is 0 Å². The molecule has 0 aliphatic heterocycles. The van der Waals surface area contributed by atoms with Gasteiger partial charge in [-0.3, -0.25) is 10.1 Å². The van der Waals surface area contributed by atoms with Crippen LogP contribution in [-0.4, -0.2) is 14.9 Å². The molecule has 0 radical (unpaired) electrons. The van der Waals surface area contributed by atoms with Crippen LogP contribution in [0.1, 0.15) is 5.69 Å². The van der Waals surface area contributed by atoms with E-state index in [2.05, 4.69) is 9.97 Å². The minimum Gasteiger partial charge on any atom is -0.264 e. The third-order valence-corrected chi connectivity index (χ3v) is 0.934. The fraction of sp³-hybridized carbons (Fsp3) is 0.200. The van der Waals surface area contributed by atoms with Crippen LogP contribution < -0.4 is 0 Å². The Hall–Kier alpha value is -1.52. The molecule has 0 unspecified atom stereocenters. The van der Waals surface area contributed by atoms with Crippen LogP contribution in [0, 0.1) is 10.1 Å². The van der Waals surface area contributed by atoms with Crippen molar-refractivity contribution in [3.8, 4) is 0 Å². The largest absolute Gasteiger partial charge is 0.264 e. The smallest absolute Gasteiger partial charge is 0.245 e. The summed E-state index contributed by atoms with van der Waals surface area (Å²) in [6, 6.07) is 1.52. The van der Waals surface area contributed by atoms with Crippen molar-refractivity contribution in [2.75, 3.05) is 0 Å². The first-order valence-corrected chi connectivity index (χ1v) is 2.66. The van der Waals surface area contributed by atoms with Crippen molar-refractivity contribution >= 4 is 0 Å². The van der Waals surface area contributed by atoms with Gasteiger partial charge in [0, 0.05) is 11.1 Å². The standard InChI is InChI=1S/C5H5N3O2/c9-8(10)3-5-1-2-6-4-7-5/h1-2,4H,3H2. The lowest BCUT2D eigenvalue weighted by Crippen LogP contribution is -1.99. The van der Waals surface area contributed by atoms with E-state index in [-0.39, 0.29) is 6.54 Å². The maximum Gasteiger partial charge on any atom is 0.245 e. The highest BCUT2D eigenvalue weighted by Crippen LogP contribution is 1.91. The number of hydrogen-bond donors (Lipinski definition) is 0. The van der Waals surface area contributed by atoms with Crippen molar-refractivity contribution in [3.63, 3.8) is 0 Å². The van der Waals surface area contributed by atoms with Gasteiger partial charge in [0.05, 0.1) is 0 Å². The van der Waals surface area contributed by atoms with Gasteiger partial charge in [0.25, 0.3) is 0 Å². The summed E-state index contributed by atoms with van der Waals surface area (Å²) in [5, 5.41) is 9.91. The minimum absolute atomic E-state index is 0.234. The first-order valence-electron chi connectivity index (χ1n) is 2.66. The SMILES string of the molecule is O=[N+]([O-])Cc1ccncn1. The highest BCUT2D eigenvalue weighted by molar-refractivity contribution is 4.94. The minimum atomic E-state index is -0.428. The van der Waals surface area contributed by atoms with Crippen LogP contribution in [0.5, 0.6) is 0 Å². The molecule has 0 fully saturated rings. The van der Waals surface area contributed by atoms with Crippen LogP contribution in [0.4, 0.5) is 0 Å². The zero-order valence-corrected chi connectivity index (χ0v) is 5.10. The number of rotatable bonds is 2. The molecule has 0 spiro atoms. The second-order valence-electron chi connectivity index (χ2n) is 1.69. The first-order chi connectivity index (χ1) is 4.79. The Kier molecular flexibility index (Phi) is 1.89. The summed E-state index contributed by atoms with van der Waals surface area (Å²) in [6.07, 6.45) is 2.77. The molecule has 0 aliphatic carbocycles. The summed E-state index contributed by atoms with van der Waals surface area (Å²) in [5.74, 6) is 0. The Morgan fingerprint density at radius 1 is 1.70 bits per heavy atom. The van der Waals surface area contributed by atoms with Crippen molar-refractivity contribution < 1.29 is 4.92 Å². The Morgan fingerprint density at radius 3 is 3.00 bits per heavy atom. The highest BCUT2D eigenvalue weighted by atomic mass is 16.6. The fourth-order valence-electron chi connectivity index (χ4n) is 0.544. The Bertz CT molecular complexity index is 224. The second-order valence-corrected chi connectivity index (χ2v) is 1.69. The van der Waals surface area contributed by atoms with Gasteiger partial charge in [0.2, 0.25) is 6.54 Å². The second kappa shape index (κ2) is 2.86. The average molecular weight is 139 g/mol. The predicted octanol–water partition coefficient (Wildman–Crippen LogP) is 0.253. The summed E-state index contributed by atoms with van der Waals surface area (Å²) >= 11 is 0. The molecule has 5 heteroatoms. The number of nitro groups is 1. The maximum atomic E-state index is 9.91. The molecule has 0 N–H and O–H groups in total. The van der Waals surface area contributed by atoms with Gasteiger partial charge in [0.15, 0.2) is 0 Å². The zero-order chi connectivity index (χ0) is 7.40. The topological polar surface area (TPSA) is 68.9 Å². The van der Waals surface area contributed by atoms with Gasteiger partial charge in [-0.15, -0.1) is 0 Å². The van der Waals surface area contributed by atoms with E-state index in [0.29, 0.717) is 5.69 Å². The zero-order valence-electron chi connectivity index (χ0n) is 5.10. The molecule has 1 heterocycles. The van der Waals surface area contributed by atoms with Crippen LogP contribution in [0.2, 0.25) is 0 Å². The van der Waals surface area contributed by atoms with E-state index in [9.17, 15) is 10.1 Å². The Balaban J connectivity index is 2.67. The van der Waals surface area contributed by atoms with E-state index in [1.807, 2.05) is 0 Å². The molecule has 0 saturated heterocycles. The summed E-state index contributed by atoms with van der Waals surface area (Å²) in [5.41, 5.74) is 0.431. The van der Waals surface area contributed by atoms with Crippen LogP contribution in [0.3, 0.4) is 0 Å². The first kappa shape index (κ1) is 6.60. The van der Waals surface area contributed by atoms with Gasteiger partial charge in [-0.25, -0.2) is 9.97 Å². The summed E-state index contributed by atoms with van der Waals surface area (Å²) < 4.78 is 0. The molecule has 5 nitrogen and oxygen atoms in total. The lowest BCUT2D eigenvalue weighted by Gasteiger charge is -1.89. The van der Waals surface area contributed by atoms with Crippen molar-refractivity contribution in [3.05, 3.63) is 34.4 Å². The Labute approximate surface area is 56.9 Å². The van der Waals surface area contributed by atoms with Gasteiger partial charge < -0.3 is 0 Å². The lowest BCUT2D eigenvalue weighted by atomic mass is 10.4. The number of nitrogens with zero attached hydrogens (tertiary/aromatic N) is 3. The van der Waals surface area contributed by atoms with Crippen LogP contribution >= 0.6 is 0 Å². The molecule has 0 aromatic carbocycles. The van der Waals surface area contributed by atoms with E-state index in [1.165, 1.54) is 18.6 Å². The van der Waals surface area contributed by atoms with E-state index in [4.69, 9.17) is 0 Å². The number of hydrogen-bond acceptors (Lipinski definition) is 4. The molecule has 1 aromatic rings. The molecule has 0 saturated carbocycles. The molecule has 10 heavy (non-hydrogen) atoms. The molecule has 1 aromatic heterocycles. The van der Waals surface area contributed by atoms with Gasteiger partial charge in [-0.05, 0) is 6.07 Å². The van der Waals surface area contributed by atoms with E-state index in [1.54, 1.807) is 0 Å². The molecule has 0 bridgehead atoms. The molecule has 1 rings (SSSR count). The summed E-state index contributed by atoms with van der Waals surface area (Å²) in [4.78, 5) is 16.8. The van der Waals surface area contributed by atoms with E-state index in [0.717, 1.165) is 0 Å². The molecule has 52 valence electrons. The quantitative estimate of drug-likeness (QED) is 0.435. The van der Waals surface area contributed by atoms with Crippen LogP contribution in [0.15, 0.2) is 18.6 Å². The molecular formula is C5H5N3O2. The Morgan fingerprint density at radius 2 is 2.50 bits per heavy atom. The molecule has 0 aliphatic rings. The normalized spacial score (nSPS) is 9.20. The third kappa shape index (κ3) is 1.77. The molecular weight excluding hydrogens is 134 g/mol. The predicted molar refractivity (Wildman–Crippen MR) is 32.7 cm³/mol. The monoisotopic (exact) mass is 139 g/mol. The maximum absolute atomic E-state index is 9.91. The number of aromatic nitrogens is 2. The summed E-state index contributed by atoms with van der Waals surface area (Å²) in [6.45, 7) is -0.234. The fourth-order valence-corrected chi connectivity index (χ4v) is 0.544. The van der Waals surface area contributed by atoms with E-state index < -0.39 is 4.92 Å². The molecule has 0 atom stereocenters. The van der Waals surface area contributed by atoms with Crippen molar-refractivity contribution in [2.45, 2.75) is 6.54 Å². The summed E-state index contributed by atoms with van der Waals surface area (Å²) in [7, 11) is 0. The molecule has 0 amide bonds. The highest BCUT2D eigenvalue weighted by Gasteiger charge is 1.99. The van der Waals surface area contributed by atoms with Crippen LogP contribution in [-0.2, 0) is 6.54 Å². The van der Waals surface area contributed by atoms with Crippen molar-refractivity contribution in [1.29, 1.82) is 0 Å². The van der Waals surface area contributed by atoms with Gasteiger partial charge in [0.1, 0.15) is 12.0 Å². The van der Waals surface area contributed by atoms with E-state index >= 15 is 0 Å². The van der Waals surface area contributed by atoms with Crippen molar-refractivity contribution in [2.24, 2.45) is 0 Å². The van der Waals surface area contributed by atoms with Gasteiger partial charge in [-0.1, -0.05) is 0 Å². The van der Waals surface area contributed by atoms with Gasteiger partial charge >= 0.3 is 0 Å². The van der Waals surface area contributed by atoms with Crippen LogP contribution in [0.25, 0.3) is 0 Å². The lowest BCUT2D eigenvalue weighted by molar-refractivity contribution is -0.497. The van der Waals surface area contributed by atoms with Crippen molar-refractivity contribution in [1.82, 2.24) is 9.97 Å². The average Bonchev–Trinajstić information content (AvgIpc) is 1.88.